The molecule has 0 amide bonds. The van der Waals surface area contributed by atoms with Crippen molar-refractivity contribution >= 4 is 28.1 Å². The second kappa shape index (κ2) is 7.21. The molecule has 1 atom stereocenters. The summed E-state index contributed by atoms with van der Waals surface area (Å²) in [7, 11) is -4.49. The normalized spacial score (nSPS) is 16.3. The maximum Gasteiger partial charge on any atom is 0.417 e. The fourth-order valence-corrected chi connectivity index (χ4v) is 3.34. The van der Waals surface area contributed by atoms with E-state index in [-0.39, 0.29) is 30.9 Å². The highest BCUT2D eigenvalue weighted by Crippen LogP contribution is 2.36. The van der Waals surface area contributed by atoms with Crippen LogP contribution in [0.25, 0.3) is 0 Å². The Morgan fingerprint density at radius 3 is 2.42 bits per heavy atom. The molecule has 0 aliphatic heterocycles. The van der Waals surface area contributed by atoms with Crippen LogP contribution in [0.2, 0.25) is 0 Å². The van der Waals surface area contributed by atoms with Crippen molar-refractivity contribution in [2.24, 2.45) is 11.7 Å². The van der Waals surface area contributed by atoms with Crippen LogP contribution >= 0.6 is 12.4 Å². The van der Waals surface area contributed by atoms with Gasteiger partial charge >= 0.3 is 6.18 Å². The Bertz CT molecular complexity index is 723. The van der Waals surface area contributed by atoms with Crippen LogP contribution in [0.5, 0.6) is 0 Å². The lowest BCUT2D eigenvalue weighted by Crippen LogP contribution is -2.39. The molecule has 1 aromatic carbocycles. The number of halogens is 4. The number of benzene rings is 1. The number of sulfonamides is 1. The third kappa shape index (κ3) is 4.79. The van der Waals surface area contributed by atoms with E-state index in [2.05, 4.69) is 0 Å². The average molecular weight is 390 g/mol. The first kappa shape index (κ1) is 20.6. The van der Waals surface area contributed by atoms with Crippen molar-refractivity contribution in [3.63, 3.8) is 0 Å². The second-order valence-electron chi connectivity index (χ2n) is 5.29. The number of non-ortho nitro benzene ring substituents is 1. The summed E-state index contributed by atoms with van der Waals surface area (Å²) in [6.45, 7) is -0.193. The molecule has 136 valence electrons. The average Bonchev–Trinajstić information content (AvgIpc) is 3.27. The highest BCUT2D eigenvalue weighted by atomic mass is 35.5. The summed E-state index contributed by atoms with van der Waals surface area (Å²) in [6, 6.07) is 1.02. The highest BCUT2D eigenvalue weighted by molar-refractivity contribution is 7.89. The van der Waals surface area contributed by atoms with Crippen molar-refractivity contribution in [3.05, 3.63) is 33.9 Å². The van der Waals surface area contributed by atoms with Gasteiger partial charge in [0.05, 0.1) is 15.4 Å². The highest BCUT2D eigenvalue weighted by Gasteiger charge is 2.39. The first-order valence-corrected chi connectivity index (χ1v) is 8.11. The van der Waals surface area contributed by atoms with E-state index < -0.39 is 43.3 Å². The molecule has 24 heavy (non-hydrogen) atoms. The number of nitrogens with one attached hydrogen (secondary N) is 1. The van der Waals surface area contributed by atoms with E-state index in [0.29, 0.717) is 12.1 Å². The van der Waals surface area contributed by atoms with Crippen LogP contribution in [0.15, 0.2) is 23.1 Å². The Morgan fingerprint density at radius 2 is 1.96 bits per heavy atom. The summed E-state index contributed by atoms with van der Waals surface area (Å²) in [4.78, 5) is 8.51. The molecule has 0 heterocycles. The molecular formula is C12H15ClF3N3O4S. The minimum Gasteiger partial charge on any atom is -0.326 e. The van der Waals surface area contributed by atoms with Crippen LogP contribution < -0.4 is 10.5 Å². The minimum atomic E-state index is -5.05. The number of nitrogens with zero attached hydrogens (tertiary/aromatic N) is 1. The fourth-order valence-electron chi connectivity index (χ4n) is 2.06. The molecule has 7 nitrogen and oxygen atoms in total. The molecule has 0 radical (unpaired) electrons. The van der Waals surface area contributed by atoms with Gasteiger partial charge in [0.2, 0.25) is 10.0 Å². The number of hydrogen-bond acceptors (Lipinski definition) is 5. The zero-order chi connectivity index (χ0) is 17.4. The van der Waals surface area contributed by atoms with Crippen molar-refractivity contribution in [1.29, 1.82) is 0 Å². The Balaban J connectivity index is 0.00000288. The Kier molecular flexibility index (Phi) is 6.20. The molecule has 2 rings (SSSR count). The van der Waals surface area contributed by atoms with Gasteiger partial charge < -0.3 is 5.73 Å². The number of alkyl halides is 3. The number of nitrogens with two attached hydrogens (primary N) is 1. The van der Waals surface area contributed by atoms with E-state index >= 15 is 0 Å². The summed E-state index contributed by atoms with van der Waals surface area (Å²) in [5.41, 5.74) is 3.29. The largest absolute Gasteiger partial charge is 0.417 e. The van der Waals surface area contributed by atoms with Gasteiger partial charge in [0.1, 0.15) is 0 Å². The van der Waals surface area contributed by atoms with Gasteiger partial charge in [0.15, 0.2) is 0 Å². The Hall–Kier alpha value is -1.43. The van der Waals surface area contributed by atoms with Crippen molar-refractivity contribution in [3.8, 4) is 0 Å². The molecular weight excluding hydrogens is 375 g/mol. The summed E-state index contributed by atoms with van der Waals surface area (Å²) >= 11 is 0. The van der Waals surface area contributed by atoms with Crippen LogP contribution in [0.4, 0.5) is 18.9 Å². The summed E-state index contributed by atoms with van der Waals surface area (Å²) < 4.78 is 65.3. The lowest BCUT2D eigenvalue weighted by atomic mass is 10.2. The van der Waals surface area contributed by atoms with Gasteiger partial charge in [-0.25, -0.2) is 13.1 Å². The van der Waals surface area contributed by atoms with E-state index in [1.165, 1.54) is 0 Å². The molecule has 0 saturated heterocycles. The molecule has 12 heteroatoms. The molecule has 0 bridgehead atoms. The first-order chi connectivity index (χ1) is 10.5. The third-order valence-corrected chi connectivity index (χ3v) is 4.99. The Morgan fingerprint density at radius 1 is 1.38 bits per heavy atom. The van der Waals surface area contributed by atoms with E-state index in [1.807, 2.05) is 4.72 Å². The van der Waals surface area contributed by atoms with Gasteiger partial charge in [-0.2, -0.15) is 13.2 Å². The van der Waals surface area contributed by atoms with E-state index in [0.717, 1.165) is 12.8 Å². The molecule has 1 aromatic rings. The first-order valence-electron chi connectivity index (χ1n) is 6.63. The Labute approximate surface area is 142 Å². The van der Waals surface area contributed by atoms with Crippen molar-refractivity contribution in [2.45, 2.75) is 30.0 Å². The molecule has 1 aliphatic rings. The summed E-state index contributed by atoms with van der Waals surface area (Å²) in [5, 5.41) is 10.6. The second-order valence-corrected chi connectivity index (χ2v) is 7.02. The van der Waals surface area contributed by atoms with Crippen LogP contribution in [0, 0.1) is 16.0 Å². The summed E-state index contributed by atoms with van der Waals surface area (Å²) in [6.07, 6.45) is -3.34. The zero-order valence-corrected chi connectivity index (χ0v) is 13.7. The minimum absolute atomic E-state index is 0. The quantitative estimate of drug-likeness (QED) is 0.570. The van der Waals surface area contributed by atoms with Gasteiger partial charge in [0, 0.05) is 24.7 Å². The van der Waals surface area contributed by atoms with Crippen LogP contribution in [0.3, 0.4) is 0 Å². The van der Waals surface area contributed by atoms with Gasteiger partial charge in [-0.15, -0.1) is 12.4 Å². The van der Waals surface area contributed by atoms with Crippen molar-refractivity contribution < 1.29 is 26.5 Å². The van der Waals surface area contributed by atoms with Crippen LogP contribution in [-0.4, -0.2) is 25.9 Å². The monoisotopic (exact) mass is 389 g/mol. The maximum atomic E-state index is 13.0. The smallest absolute Gasteiger partial charge is 0.326 e. The van der Waals surface area contributed by atoms with Gasteiger partial charge in [-0.1, -0.05) is 0 Å². The van der Waals surface area contributed by atoms with Crippen LogP contribution in [-0.2, 0) is 16.2 Å². The molecule has 0 spiro atoms. The standard InChI is InChI=1S/C12H14F3N3O4S.ClH/c13-12(14,15)9-5-8(18(19)20)3-4-11(9)23(21,22)17-6-10(16)7-1-2-7;/h3-5,7,10,17H,1-2,6,16H2;1H. The molecule has 1 unspecified atom stereocenters. The molecule has 3 N–H and O–H groups in total. The maximum absolute atomic E-state index is 13.0. The van der Waals surface area contributed by atoms with Crippen molar-refractivity contribution in [2.75, 3.05) is 6.54 Å². The number of hydrogen-bond donors (Lipinski definition) is 2. The van der Waals surface area contributed by atoms with E-state index in [4.69, 9.17) is 5.73 Å². The predicted octanol–water partition coefficient (Wildman–Crippen LogP) is 2.05. The topological polar surface area (TPSA) is 115 Å². The lowest BCUT2D eigenvalue weighted by Gasteiger charge is -2.15. The van der Waals surface area contributed by atoms with Crippen LogP contribution in [0.1, 0.15) is 18.4 Å². The van der Waals surface area contributed by atoms with E-state index in [9.17, 15) is 31.7 Å². The van der Waals surface area contributed by atoms with Gasteiger partial charge in [-0.05, 0) is 24.8 Å². The molecule has 1 saturated carbocycles. The van der Waals surface area contributed by atoms with E-state index in [1.54, 1.807) is 0 Å². The molecule has 1 fully saturated rings. The van der Waals surface area contributed by atoms with Gasteiger partial charge in [-0.3, -0.25) is 10.1 Å². The summed E-state index contributed by atoms with van der Waals surface area (Å²) in [5.74, 6) is 0.164. The zero-order valence-electron chi connectivity index (χ0n) is 12.1. The third-order valence-electron chi connectivity index (χ3n) is 3.51. The fraction of sp³-hybridized carbons (Fsp3) is 0.500. The SMILES string of the molecule is Cl.NC(CNS(=O)(=O)c1ccc([N+](=O)[O-])cc1C(F)(F)F)C1CC1. The predicted molar refractivity (Wildman–Crippen MR) is 81.2 cm³/mol. The number of nitro groups is 1. The number of nitro benzene ring substituents is 1. The van der Waals surface area contributed by atoms with Gasteiger partial charge in [0.25, 0.3) is 5.69 Å². The number of rotatable bonds is 6. The molecule has 0 aromatic heterocycles. The van der Waals surface area contributed by atoms with Crippen molar-refractivity contribution in [1.82, 2.24) is 4.72 Å². The molecule has 1 aliphatic carbocycles. The lowest BCUT2D eigenvalue weighted by molar-refractivity contribution is -0.385.